The predicted octanol–water partition coefficient (Wildman–Crippen LogP) is 2.36. The molecular weight excluding hydrogens is 514 g/mol. The second-order valence-electron chi connectivity index (χ2n) is 8.82. The van der Waals surface area contributed by atoms with Crippen LogP contribution in [0.3, 0.4) is 0 Å². The van der Waals surface area contributed by atoms with E-state index in [-0.39, 0.29) is 36.9 Å². The standard InChI is InChI=1S/C26H29N3O8S/c30-22(24-27-20-9-4-5-11-23(20)37-24)10-6-14-36-26(32)28-21(25(31)29-12-15-35-16-13-29)18-38(33,34)17-19-7-2-1-3-8-19/h1-5,7-9,11,21H,6,10,12-18H2,(H,28,32)/t21-/m0/s1. The van der Waals surface area contributed by atoms with Gasteiger partial charge in [-0.05, 0) is 24.1 Å². The number of fused-ring (bicyclic) bond motifs is 1. The first kappa shape index (κ1) is 27.3. The molecule has 202 valence electrons. The van der Waals surface area contributed by atoms with Crippen molar-refractivity contribution in [3.05, 3.63) is 66.1 Å². The molecule has 1 aliphatic rings. The number of amides is 2. The number of morpholine rings is 1. The topological polar surface area (TPSA) is 145 Å². The lowest BCUT2D eigenvalue weighted by Gasteiger charge is -2.30. The van der Waals surface area contributed by atoms with Crippen LogP contribution in [-0.2, 0) is 29.9 Å². The molecule has 0 bridgehead atoms. The van der Waals surface area contributed by atoms with Gasteiger partial charge in [0.1, 0.15) is 11.6 Å². The largest absolute Gasteiger partial charge is 0.450 e. The number of ether oxygens (including phenoxy) is 2. The van der Waals surface area contributed by atoms with Crippen molar-refractivity contribution in [1.82, 2.24) is 15.2 Å². The van der Waals surface area contributed by atoms with E-state index in [2.05, 4.69) is 10.3 Å². The van der Waals surface area contributed by atoms with Gasteiger partial charge in [-0.25, -0.2) is 18.2 Å². The minimum absolute atomic E-state index is 0.0181. The van der Waals surface area contributed by atoms with Crippen LogP contribution >= 0.6 is 0 Å². The lowest BCUT2D eigenvalue weighted by Crippen LogP contribution is -2.54. The van der Waals surface area contributed by atoms with Gasteiger partial charge in [-0.15, -0.1) is 0 Å². The Morgan fingerprint density at radius 2 is 1.74 bits per heavy atom. The molecule has 0 saturated carbocycles. The number of Topliss-reactive ketones (excluding diaryl/α,β-unsaturated/α-hetero) is 1. The highest BCUT2D eigenvalue weighted by molar-refractivity contribution is 7.90. The van der Waals surface area contributed by atoms with Gasteiger partial charge < -0.3 is 24.1 Å². The molecule has 0 spiro atoms. The Morgan fingerprint density at radius 3 is 2.47 bits per heavy atom. The number of rotatable bonds is 11. The first-order valence-corrected chi connectivity index (χ1v) is 14.1. The van der Waals surface area contributed by atoms with Crippen molar-refractivity contribution in [1.29, 1.82) is 0 Å². The summed E-state index contributed by atoms with van der Waals surface area (Å²) in [6.45, 7) is 1.13. The van der Waals surface area contributed by atoms with Gasteiger partial charge in [0.2, 0.25) is 11.7 Å². The highest BCUT2D eigenvalue weighted by Crippen LogP contribution is 2.16. The number of aromatic nitrogens is 1. The fraction of sp³-hybridized carbons (Fsp3) is 0.385. The molecule has 3 aromatic rings. The molecule has 0 radical (unpaired) electrons. The van der Waals surface area contributed by atoms with Crippen LogP contribution in [0.1, 0.15) is 29.1 Å². The summed E-state index contributed by atoms with van der Waals surface area (Å²) in [5, 5.41) is 2.41. The Morgan fingerprint density at radius 1 is 1.03 bits per heavy atom. The first-order valence-electron chi connectivity index (χ1n) is 12.2. The van der Waals surface area contributed by atoms with E-state index in [1.165, 1.54) is 4.90 Å². The third-order valence-electron chi connectivity index (χ3n) is 5.88. The molecule has 1 aromatic heterocycles. The van der Waals surface area contributed by atoms with Gasteiger partial charge in [0.25, 0.3) is 5.89 Å². The van der Waals surface area contributed by atoms with Crippen molar-refractivity contribution in [2.24, 2.45) is 0 Å². The molecule has 38 heavy (non-hydrogen) atoms. The molecule has 0 aliphatic carbocycles. The normalized spacial score (nSPS) is 14.7. The van der Waals surface area contributed by atoms with Crippen LogP contribution in [0.15, 0.2) is 59.0 Å². The van der Waals surface area contributed by atoms with E-state index < -0.39 is 33.6 Å². The Balaban J connectivity index is 1.31. The summed E-state index contributed by atoms with van der Waals surface area (Å²) >= 11 is 0. The summed E-state index contributed by atoms with van der Waals surface area (Å²) in [5.74, 6) is -1.72. The predicted molar refractivity (Wildman–Crippen MR) is 137 cm³/mol. The molecular formula is C26H29N3O8S. The lowest BCUT2D eigenvalue weighted by molar-refractivity contribution is -0.136. The number of nitrogens with zero attached hydrogens (tertiary/aromatic N) is 2. The van der Waals surface area contributed by atoms with E-state index >= 15 is 0 Å². The summed E-state index contributed by atoms with van der Waals surface area (Å²) < 4.78 is 41.6. The lowest BCUT2D eigenvalue weighted by atomic mass is 10.2. The van der Waals surface area contributed by atoms with Crippen molar-refractivity contribution in [3.8, 4) is 0 Å². The Kier molecular flexibility index (Phi) is 9.08. The molecule has 1 atom stereocenters. The SMILES string of the molecule is O=C(N[C@@H](CS(=O)(=O)Cc1ccccc1)C(=O)N1CCOCC1)OCCCC(=O)c1nc2ccccc2o1. The Labute approximate surface area is 220 Å². The van der Waals surface area contributed by atoms with Crippen molar-refractivity contribution >= 4 is 38.7 Å². The zero-order valence-corrected chi connectivity index (χ0v) is 21.5. The number of ketones is 1. The summed E-state index contributed by atoms with van der Waals surface area (Å²) in [6.07, 6.45) is -0.720. The molecule has 1 fully saturated rings. The zero-order chi connectivity index (χ0) is 27.0. The number of hydrogen-bond donors (Lipinski definition) is 1. The molecule has 11 nitrogen and oxygen atoms in total. The maximum Gasteiger partial charge on any atom is 0.407 e. The van der Waals surface area contributed by atoms with Gasteiger partial charge in [0.15, 0.2) is 15.4 Å². The minimum Gasteiger partial charge on any atom is -0.450 e. The van der Waals surface area contributed by atoms with Crippen LogP contribution < -0.4 is 5.32 Å². The van der Waals surface area contributed by atoms with Crippen LogP contribution in [0.4, 0.5) is 4.79 Å². The number of benzene rings is 2. The number of carbonyl (C=O) groups excluding carboxylic acids is 3. The molecule has 2 amide bonds. The Hall–Kier alpha value is -3.77. The number of carbonyl (C=O) groups is 3. The van der Waals surface area contributed by atoms with E-state index in [0.29, 0.717) is 43.0 Å². The molecule has 1 saturated heterocycles. The van der Waals surface area contributed by atoms with E-state index in [1.54, 1.807) is 54.6 Å². The van der Waals surface area contributed by atoms with Crippen LogP contribution in [-0.4, -0.2) is 80.8 Å². The maximum absolute atomic E-state index is 13.1. The Bertz CT molecular complexity index is 1330. The van der Waals surface area contributed by atoms with Crippen LogP contribution in [0.2, 0.25) is 0 Å². The second-order valence-corrected chi connectivity index (χ2v) is 10.9. The fourth-order valence-corrected chi connectivity index (χ4v) is 5.55. The molecule has 2 heterocycles. The molecule has 2 aromatic carbocycles. The van der Waals surface area contributed by atoms with Crippen LogP contribution in [0.25, 0.3) is 11.1 Å². The summed E-state index contributed by atoms with van der Waals surface area (Å²) in [6, 6.07) is 14.3. The van der Waals surface area contributed by atoms with Crippen LogP contribution in [0, 0.1) is 0 Å². The number of alkyl carbamates (subject to hydrolysis) is 1. The van der Waals surface area contributed by atoms with Gasteiger partial charge >= 0.3 is 6.09 Å². The fourth-order valence-electron chi connectivity index (χ4n) is 4.00. The van der Waals surface area contributed by atoms with Crippen molar-refractivity contribution in [3.63, 3.8) is 0 Å². The molecule has 12 heteroatoms. The van der Waals surface area contributed by atoms with Gasteiger partial charge in [0.05, 0.1) is 31.3 Å². The van der Waals surface area contributed by atoms with Gasteiger partial charge in [-0.2, -0.15) is 0 Å². The van der Waals surface area contributed by atoms with E-state index in [4.69, 9.17) is 13.9 Å². The minimum atomic E-state index is -3.75. The molecule has 0 unspecified atom stereocenters. The van der Waals surface area contributed by atoms with Gasteiger partial charge in [-0.3, -0.25) is 9.59 Å². The third kappa shape index (κ3) is 7.62. The third-order valence-corrected chi connectivity index (χ3v) is 7.49. The van der Waals surface area contributed by atoms with Crippen molar-refractivity contribution in [2.45, 2.75) is 24.6 Å². The van der Waals surface area contributed by atoms with Crippen molar-refractivity contribution in [2.75, 3.05) is 38.7 Å². The van der Waals surface area contributed by atoms with Crippen LogP contribution in [0.5, 0.6) is 0 Å². The monoisotopic (exact) mass is 543 g/mol. The summed E-state index contributed by atoms with van der Waals surface area (Å²) in [5.41, 5.74) is 1.66. The maximum atomic E-state index is 13.1. The second kappa shape index (κ2) is 12.7. The van der Waals surface area contributed by atoms with Crippen molar-refractivity contribution < 1.29 is 36.7 Å². The van der Waals surface area contributed by atoms with E-state index in [0.717, 1.165) is 0 Å². The highest BCUT2D eigenvalue weighted by atomic mass is 32.2. The number of hydrogen-bond acceptors (Lipinski definition) is 9. The summed E-state index contributed by atoms with van der Waals surface area (Å²) in [7, 11) is -3.75. The van der Waals surface area contributed by atoms with E-state index in [1.807, 2.05) is 0 Å². The number of oxazole rings is 1. The zero-order valence-electron chi connectivity index (χ0n) is 20.7. The molecule has 1 aliphatic heterocycles. The number of para-hydroxylation sites is 2. The number of sulfone groups is 1. The average molecular weight is 544 g/mol. The van der Waals surface area contributed by atoms with E-state index in [9.17, 15) is 22.8 Å². The smallest absolute Gasteiger partial charge is 0.407 e. The summed E-state index contributed by atoms with van der Waals surface area (Å²) in [4.78, 5) is 43.5. The van der Waals surface area contributed by atoms with Gasteiger partial charge in [-0.1, -0.05) is 42.5 Å². The molecule has 1 N–H and O–H groups in total. The van der Waals surface area contributed by atoms with Gasteiger partial charge in [0, 0.05) is 19.5 Å². The first-order chi connectivity index (χ1) is 18.3. The highest BCUT2D eigenvalue weighted by Gasteiger charge is 2.32. The average Bonchev–Trinajstić information content (AvgIpc) is 3.35. The quantitative estimate of drug-likeness (QED) is 0.284. The number of nitrogens with one attached hydrogen (secondary N) is 1. The molecule has 4 rings (SSSR count).